The number of hydrogen-bond acceptors (Lipinski definition) is 4. The van der Waals surface area contributed by atoms with Crippen LogP contribution in [0.3, 0.4) is 0 Å². The quantitative estimate of drug-likeness (QED) is 0.569. The third kappa shape index (κ3) is 2.53. The van der Waals surface area contributed by atoms with Crippen molar-refractivity contribution < 1.29 is 4.74 Å². The number of benzene rings is 1. The fourth-order valence-electron chi connectivity index (χ4n) is 2.05. The molecule has 5 nitrogen and oxygen atoms in total. The van der Waals surface area contributed by atoms with Gasteiger partial charge in [-0.2, -0.15) is 0 Å². The summed E-state index contributed by atoms with van der Waals surface area (Å²) in [6.45, 7) is 1.91. The van der Waals surface area contributed by atoms with Crippen molar-refractivity contribution in [2.45, 2.75) is 6.92 Å². The molecular weight excluding hydrogens is 264 g/mol. The molecule has 0 atom stereocenters. The van der Waals surface area contributed by atoms with Gasteiger partial charge < -0.3 is 10.5 Å². The van der Waals surface area contributed by atoms with E-state index in [0.29, 0.717) is 17.1 Å². The number of nitrogens with zero attached hydrogens (tertiary/aromatic N) is 2. The van der Waals surface area contributed by atoms with Crippen molar-refractivity contribution >= 4 is 16.7 Å². The molecule has 0 unspecified atom stereocenters. The second-order valence-electron chi connectivity index (χ2n) is 4.67. The van der Waals surface area contributed by atoms with Crippen LogP contribution >= 0.6 is 0 Å². The van der Waals surface area contributed by atoms with E-state index in [0.717, 1.165) is 16.6 Å². The largest absolute Gasteiger partial charge is 0.454 e. The molecule has 0 saturated heterocycles. The summed E-state index contributed by atoms with van der Waals surface area (Å²) in [4.78, 5) is 8.51. The number of pyridine rings is 2. The summed E-state index contributed by atoms with van der Waals surface area (Å²) in [5.41, 5.74) is 7.80. The van der Waals surface area contributed by atoms with Crippen molar-refractivity contribution in [1.82, 2.24) is 9.97 Å². The van der Waals surface area contributed by atoms with Crippen LogP contribution in [0, 0.1) is 12.3 Å². The first-order valence-corrected chi connectivity index (χ1v) is 6.48. The first-order valence-electron chi connectivity index (χ1n) is 6.48. The summed E-state index contributed by atoms with van der Waals surface area (Å²) >= 11 is 0. The summed E-state index contributed by atoms with van der Waals surface area (Å²) < 4.78 is 5.92. The number of ether oxygens (including phenoxy) is 1. The zero-order chi connectivity index (χ0) is 14.8. The fraction of sp³-hybridized carbons (Fsp3) is 0.0625. The normalized spacial score (nSPS) is 10.5. The molecule has 0 saturated carbocycles. The zero-order valence-electron chi connectivity index (χ0n) is 11.5. The molecule has 104 valence electrons. The monoisotopic (exact) mass is 278 g/mol. The molecular formula is C16H14N4O. The van der Waals surface area contributed by atoms with E-state index in [2.05, 4.69) is 9.97 Å². The van der Waals surface area contributed by atoms with Crippen LogP contribution in [0.15, 0.2) is 48.8 Å². The average molecular weight is 278 g/mol. The highest BCUT2D eigenvalue weighted by Gasteiger charge is 2.13. The number of rotatable bonds is 3. The number of hydrogen-bond donors (Lipinski definition) is 2. The van der Waals surface area contributed by atoms with Gasteiger partial charge in [0.1, 0.15) is 17.3 Å². The molecule has 0 radical (unpaired) electrons. The summed E-state index contributed by atoms with van der Waals surface area (Å²) in [7, 11) is 0. The maximum Gasteiger partial charge on any atom is 0.149 e. The van der Waals surface area contributed by atoms with E-state index in [1.54, 1.807) is 12.4 Å². The van der Waals surface area contributed by atoms with Gasteiger partial charge in [0.2, 0.25) is 0 Å². The van der Waals surface area contributed by atoms with Crippen molar-refractivity contribution in [3.05, 3.63) is 60.0 Å². The van der Waals surface area contributed by atoms with Gasteiger partial charge >= 0.3 is 0 Å². The Morgan fingerprint density at radius 3 is 2.62 bits per heavy atom. The van der Waals surface area contributed by atoms with Crippen LogP contribution in [-0.4, -0.2) is 15.8 Å². The van der Waals surface area contributed by atoms with E-state index in [1.165, 1.54) is 0 Å². The fourth-order valence-corrected chi connectivity index (χ4v) is 2.05. The van der Waals surface area contributed by atoms with E-state index in [-0.39, 0.29) is 5.84 Å². The van der Waals surface area contributed by atoms with Crippen molar-refractivity contribution in [2.75, 3.05) is 0 Å². The van der Waals surface area contributed by atoms with Crippen LogP contribution in [0.1, 0.15) is 11.3 Å². The maximum atomic E-state index is 7.69. The minimum absolute atomic E-state index is 0.0803. The molecule has 0 aliphatic heterocycles. The highest BCUT2D eigenvalue weighted by atomic mass is 16.5. The molecule has 2 heterocycles. The van der Waals surface area contributed by atoms with Gasteiger partial charge in [-0.05, 0) is 31.2 Å². The van der Waals surface area contributed by atoms with Gasteiger partial charge in [-0.25, -0.2) is 0 Å². The topological polar surface area (TPSA) is 84.9 Å². The van der Waals surface area contributed by atoms with Crippen LogP contribution in [0.25, 0.3) is 10.9 Å². The minimum Gasteiger partial charge on any atom is -0.454 e. The summed E-state index contributed by atoms with van der Waals surface area (Å²) in [5, 5.41) is 8.50. The van der Waals surface area contributed by atoms with Gasteiger partial charge in [0, 0.05) is 17.3 Å². The molecule has 0 aliphatic carbocycles. The molecule has 3 rings (SSSR count). The second-order valence-corrected chi connectivity index (χ2v) is 4.67. The first kappa shape index (κ1) is 13.1. The van der Waals surface area contributed by atoms with Crippen LogP contribution in [0.4, 0.5) is 0 Å². The van der Waals surface area contributed by atoms with E-state index >= 15 is 0 Å². The molecule has 21 heavy (non-hydrogen) atoms. The Morgan fingerprint density at radius 1 is 1.10 bits per heavy atom. The van der Waals surface area contributed by atoms with E-state index in [1.807, 2.05) is 43.3 Å². The van der Waals surface area contributed by atoms with Gasteiger partial charge in [0.05, 0.1) is 17.3 Å². The Balaban J connectivity index is 2.16. The van der Waals surface area contributed by atoms with Crippen LogP contribution in [0.2, 0.25) is 0 Å². The molecule has 3 N–H and O–H groups in total. The molecule has 0 aliphatic rings. The van der Waals surface area contributed by atoms with Gasteiger partial charge in [-0.15, -0.1) is 0 Å². The average Bonchev–Trinajstić information content (AvgIpc) is 2.49. The molecule has 1 aromatic carbocycles. The van der Waals surface area contributed by atoms with E-state index < -0.39 is 0 Å². The van der Waals surface area contributed by atoms with Gasteiger partial charge in [0.15, 0.2) is 0 Å². The number of aromatic nitrogens is 2. The first-order chi connectivity index (χ1) is 10.1. The lowest BCUT2D eigenvalue weighted by molar-refractivity contribution is 0.484. The van der Waals surface area contributed by atoms with Crippen molar-refractivity contribution in [1.29, 1.82) is 5.41 Å². The number of para-hydroxylation sites is 1. The molecule has 0 spiro atoms. The zero-order valence-corrected chi connectivity index (χ0v) is 11.5. The van der Waals surface area contributed by atoms with Gasteiger partial charge in [-0.1, -0.05) is 12.1 Å². The molecule has 0 amide bonds. The van der Waals surface area contributed by atoms with Crippen molar-refractivity contribution in [2.24, 2.45) is 5.73 Å². The van der Waals surface area contributed by atoms with Gasteiger partial charge in [-0.3, -0.25) is 15.4 Å². The number of nitrogens with one attached hydrogen (secondary N) is 1. The molecule has 0 fully saturated rings. The maximum absolute atomic E-state index is 7.69. The summed E-state index contributed by atoms with van der Waals surface area (Å²) in [6.07, 6.45) is 3.20. The smallest absolute Gasteiger partial charge is 0.149 e. The number of fused-ring (bicyclic) bond motifs is 1. The van der Waals surface area contributed by atoms with E-state index in [4.69, 9.17) is 15.9 Å². The van der Waals surface area contributed by atoms with Crippen LogP contribution in [-0.2, 0) is 0 Å². The number of nitrogens with two attached hydrogens (primary N) is 1. The molecule has 0 bridgehead atoms. The third-order valence-corrected chi connectivity index (χ3v) is 3.12. The predicted octanol–water partition coefficient (Wildman–Crippen LogP) is 3.01. The Kier molecular flexibility index (Phi) is 3.23. The summed E-state index contributed by atoms with van der Waals surface area (Å²) in [5.74, 6) is 1.04. The minimum atomic E-state index is -0.0803. The Bertz CT molecular complexity index is 812. The molecule has 3 aromatic rings. The van der Waals surface area contributed by atoms with Crippen molar-refractivity contribution in [3.8, 4) is 11.5 Å². The highest BCUT2D eigenvalue weighted by Crippen LogP contribution is 2.32. The van der Waals surface area contributed by atoms with Crippen LogP contribution < -0.4 is 10.5 Å². The third-order valence-electron chi connectivity index (χ3n) is 3.12. The standard InChI is InChI=1S/C16H14N4O/c1-10-6-7-11(8-19-10)21-15-12-4-2-3-5-14(12)20-9-13(15)16(17)18/h2-9H,1H3,(H3,17,18). The lowest BCUT2D eigenvalue weighted by atomic mass is 10.1. The molecule has 5 heteroatoms. The number of aryl methyl sites for hydroxylation is 1. The van der Waals surface area contributed by atoms with E-state index in [9.17, 15) is 0 Å². The van der Waals surface area contributed by atoms with Crippen molar-refractivity contribution in [3.63, 3.8) is 0 Å². The summed E-state index contributed by atoms with van der Waals surface area (Å²) in [6, 6.07) is 11.3. The Hall–Kier alpha value is -2.95. The second kappa shape index (κ2) is 5.20. The van der Waals surface area contributed by atoms with Gasteiger partial charge in [0.25, 0.3) is 0 Å². The Labute approximate surface area is 121 Å². The predicted molar refractivity (Wildman–Crippen MR) is 81.8 cm³/mol. The lowest BCUT2D eigenvalue weighted by Gasteiger charge is -2.12. The Morgan fingerprint density at radius 2 is 1.90 bits per heavy atom. The highest BCUT2D eigenvalue weighted by molar-refractivity contribution is 6.03. The molecule has 2 aromatic heterocycles. The van der Waals surface area contributed by atoms with Crippen LogP contribution in [0.5, 0.6) is 11.5 Å². The number of nitrogen functional groups attached to an aromatic ring is 1. The number of amidine groups is 1. The SMILES string of the molecule is Cc1ccc(Oc2c(C(=N)N)cnc3ccccc23)cn1. The lowest BCUT2D eigenvalue weighted by Crippen LogP contribution is -2.13.